The zero-order valence-corrected chi connectivity index (χ0v) is 19.0. The van der Waals surface area contributed by atoms with E-state index in [4.69, 9.17) is 9.47 Å². The molecule has 1 amide bonds. The summed E-state index contributed by atoms with van der Waals surface area (Å²) >= 11 is 3.32. The molecule has 2 aromatic carbocycles. The number of benzene rings is 2. The van der Waals surface area contributed by atoms with E-state index in [0.29, 0.717) is 0 Å². The van der Waals surface area contributed by atoms with Gasteiger partial charge in [-0.2, -0.15) is 0 Å². The Bertz CT molecular complexity index is 1050. The minimum Gasteiger partial charge on any atom is -0.495 e. The second-order valence-electron chi connectivity index (χ2n) is 6.19. The van der Waals surface area contributed by atoms with Crippen LogP contribution in [0, 0.1) is 0 Å². The molecule has 0 aliphatic carbocycles. The van der Waals surface area contributed by atoms with Crippen molar-refractivity contribution in [1.29, 1.82) is 0 Å². The van der Waals surface area contributed by atoms with Crippen molar-refractivity contribution in [3.8, 4) is 5.75 Å². The van der Waals surface area contributed by atoms with E-state index < -0.39 is 28.5 Å². The number of nitrogens with one attached hydrogen (secondary N) is 1. The highest BCUT2D eigenvalue weighted by Gasteiger charge is 2.20. The molecule has 0 aliphatic heterocycles. The maximum absolute atomic E-state index is 12.3. The molecule has 0 saturated heterocycles. The third-order valence-electron chi connectivity index (χ3n) is 3.85. The summed E-state index contributed by atoms with van der Waals surface area (Å²) in [7, 11) is 0.497. The van der Waals surface area contributed by atoms with Gasteiger partial charge in [-0.25, -0.2) is 17.5 Å². The van der Waals surface area contributed by atoms with Crippen LogP contribution in [-0.4, -0.2) is 52.4 Å². The number of hydrogen-bond acceptors (Lipinski definition) is 6. The first-order valence-electron chi connectivity index (χ1n) is 8.64. The number of ether oxygens (including phenoxy) is 2. The van der Waals surface area contributed by atoms with Crippen molar-refractivity contribution >= 4 is 49.6 Å². The fourth-order valence-electron chi connectivity index (χ4n) is 2.27. The number of amides is 1. The lowest BCUT2D eigenvalue weighted by atomic mass is 10.2. The number of anilines is 1. The van der Waals surface area contributed by atoms with Crippen LogP contribution in [-0.2, 0) is 24.3 Å². The van der Waals surface area contributed by atoms with E-state index in [-0.39, 0.29) is 16.3 Å². The molecule has 0 unspecified atom stereocenters. The first-order chi connectivity index (χ1) is 14.1. The highest BCUT2D eigenvalue weighted by molar-refractivity contribution is 9.10. The first-order valence-corrected chi connectivity index (χ1v) is 10.9. The zero-order chi connectivity index (χ0) is 22.3. The fraction of sp³-hybridized carbons (Fsp3) is 0.200. The quantitative estimate of drug-likeness (QED) is 0.445. The average Bonchev–Trinajstić information content (AvgIpc) is 2.71. The molecular weight excluding hydrogens is 476 g/mol. The molecule has 0 aliphatic rings. The van der Waals surface area contributed by atoms with Crippen LogP contribution in [0.2, 0.25) is 0 Å². The monoisotopic (exact) mass is 496 g/mol. The summed E-state index contributed by atoms with van der Waals surface area (Å²) in [5.41, 5.74) is 0.940. The van der Waals surface area contributed by atoms with Gasteiger partial charge >= 0.3 is 5.97 Å². The van der Waals surface area contributed by atoms with Gasteiger partial charge in [-0.05, 0) is 42.0 Å². The van der Waals surface area contributed by atoms with Crippen molar-refractivity contribution in [3.63, 3.8) is 0 Å². The lowest BCUT2D eigenvalue weighted by Crippen LogP contribution is -2.23. The zero-order valence-electron chi connectivity index (χ0n) is 16.6. The largest absolute Gasteiger partial charge is 0.495 e. The smallest absolute Gasteiger partial charge is 0.331 e. The number of halogens is 1. The minimum atomic E-state index is -3.69. The molecule has 0 aromatic heterocycles. The number of carbonyl (C=O) groups is 2. The summed E-state index contributed by atoms with van der Waals surface area (Å²) in [6.45, 7) is -0.544. The third-order valence-corrected chi connectivity index (χ3v) is 6.19. The maximum atomic E-state index is 12.3. The number of esters is 1. The summed E-state index contributed by atoms with van der Waals surface area (Å²) in [6, 6.07) is 11.4. The van der Waals surface area contributed by atoms with Crippen LogP contribution in [0.1, 0.15) is 5.56 Å². The molecule has 30 heavy (non-hydrogen) atoms. The van der Waals surface area contributed by atoms with Gasteiger partial charge in [0.25, 0.3) is 5.91 Å². The Labute approximate surface area is 183 Å². The second-order valence-corrected chi connectivity index (χ2v) is 9.26. The highest BCUT2D eigenvalue weighted by atomic mass is 79.9. The number of sulfonamides is 1. The van der Waals surface area contributed by atoms with Crippen LogP contribution in [0.5, 0.6) is 5.75 Å². The van der Waals surface area contributed by atoms with E-state index in [1.54, 1.807) is 6.08 Å². The second kappa shape index (κ2) is 10.4. The van der Waals surface area contributed by atoms with Crippen molar-refractivity contribution < 1.29 is 27.5 Å². The fourth-order valence-corrected chi connectivity index (χ4v) is 3.46. The molecule has 0 saturated carbocycles. The van der Waals surface area contributed by atoms with Crippen LogP contribution in [0.25, 0.3) is 6.08 Å². The van der Waals surface area contributed by atoms with Gasteiger partial charge in [-0.15, -0.1) is 0 Å². The first kappa shape index (κ1) is 23.6. The van der Waals surface area contributed by atoms with Crippen molar-refractivity contribution in [2.45, 2.75) is 4.90 Å². The van der Waals surface area contributed by atoms with E-state index in [1.165, 1.54) is 45.5 Å². The number of rotatable bonds is 8. The molecule has 0 fully saturated rings. The molecule has 10 heteroatoms. The predicted molar refractivity (Wildman–Crippen MR) is 117 cm³/mol. The van der Waals surface area contributed by atoms with Gasteiger partial charge < -0.3 is 14.8 Å². The predicted octanol–water partition coefficient (Wildman–Crippen LogP) is 2.90. The minimum absolute atomic E-state index is 0.0157. The van der Waals surface area contributed by atoms with Gasteiger partial charge in [0.15, 0.2) is 6.61 Å². The van der Waals surface area contributed by atoms with Crippen LogP contribution >= 0.6 is 15.9 Å². The van der Waals surface area contributed by atoms with Gasteiger partial charge in [-0.1, -0.05) is 28.1 Å². The molecule has 0 heterocycles. The van der Waals surface area contributed by atoms with Gasteiger partial charge in [0, 0.05) is 24.6 Å². The molecule has 160 valence electrons. The lowest BCUT2D eigenvalue weighted by molar-refractivity contribution is -0.142. The van der Waals surface area contributed by atoms with E-state index in [1.807, 2.05) is 24.3 Å². The normalized spacial score (nSPS) is 11.5. The van der Waals surface area contributed by atoms with Gasteiger partial charge in [-0.3, -0.25) is 4.79 Å². The molecular formula is C20H21BrN2O6S. The van der Waals surface area contributed by atoms with Gasteiger partial charge in [0.05, 0.1) is 17.7 Å². The van der Waals surface area contributed by atoms with Crippen LogP contribution in [0.4, 0.5) is 5.69 Å². The molecule has 2 aromatic rings. The molecule has 2 rings (SSSR count). The lowest BCUT2D eigenvalue weighted by Gasteiger charge is -2.15. The van der Waals surface area contributed by atoms with Crippen molar-refractivity contribution in [2.75, 3.05) is 33.1 Å². The number of carbonyl (C=O) groups excluding carboxylic acids is 2. The van der Waals surface area contributed by atoms with E-state index in [9.17, 15) is 18.0 Å². The Morgan fingerprint density at radius 2 is 1.80 bits per heavy atom. The van der Waals surface area contributed by atoms with E-state index >= 15 is 0 Å². The SMILES string of the molecule is COc1ccc(S(=O)(=O)N(C)C)cc1NC(=O)COC(=O)/C=C/c1ccc(Br)cc1. The standard InChI is InChI=1S/C20H21BrN2O6S/c1-23(2)30(26,27)16-9-10-18(28-3)17(12-16)22-19(24)13-29-20(25)11-6-14-4-7-15(21)8-5-14/h4-12H,13H2,1-3H3,(H,22,24)/b11-6+. The summed E-state index contributed by atoms with van der Waals surface area (Å²) in [5, 5.41) is 2.49. The summed E-state index contributed by atoms with van der Waals surface area (Å²) in [5.74, 6) is -1.07. The molecule has 0 spiro atoms. The van der Waals surface area contributed by atoms with Crippen LogP contribution in [0.3, 0.4) is 0 Å². The number of methoxy groups -OCH3 is 1. The summed E-state index contributed by atoms with van der Waals surface area (Å²) in [4.78, 5) is 24.0. The van der Waals surface area contributed by atoms with Crippen molar-refractivity contribution in [3.05, 3.63) is 58.6 Å². The maximum Gasteiger partial charge on any atom is 0.331 e. The average molecular weight is 497 g/mol. The molecule has 8 nitrogen and oxygen atoms in total. The van der Waals surface area contributed by atoms with Gasteiger partial charge in [0.1, 0.15) is 5.75 Å². The molecule has 0 atom stereocenters. The molecule has 1 N–H and O–H groups in total. The molecule has 0 bridgehead atoms. The van der Waals surface area contributed by atoms with Crippen LogP contribution < -0.4 is 10.1 Å². The van der Waals surface area contributed by atoms with Crippen LogP contribution in [0.15, 0.2) is 57.9 Å². The van der Waals surface area contributed by atoms with E-state index in [0.717, 1.165) is 14.3 Å². The van der Waals surface area contributed by atoms with E-state index in [2.05, 4.69) is 21.2 Å². The van der Waals surface area contributed by atoms with Crippen molar-refractivity contribution in [2.24, 2.45) is 0 Å². The van der Waals surface area contributed by atoms with Crippen molar-refractivity contribution in [1.82, 2.24) is 4.31 Å². The Balaban J connectivity index is 2.01. The third kappa shape index (κ3) is 6.41. The summed E-state index contributed by atoms with van der Waals surface area (Å²) in [6.07, 6.45) is 2.77. The van der Waals surface area contributed by atoms with Gasteiger partial charge in [0.2, 0.25) is 10.0 Å². The topological polar surface area (TPSA) is 102 Å². The summed E-state index contributed by atoms with van der Waals surface area (Å²) < 4.78 is 36.6. The molecule has 0 radical (unpaired) electrons. The Morgan fingerprint density at radius 3 is 2.40 bits per heavy atom. The Hall–Kier alpha value is -2.69. The number of nitrogens with zero attached hydrogens (tertiary/aromatic N) is 1. The Kier molecular flexibility index (Phi) is 8.16. The highest BCUT2D eigenvalue weighted by Crippen LogP contribution is 2.28. The number of hydrogen-bond donors (Lipinski definition) is 1. The Morgan fingerprint density at radius 1 is 1.13 bits per heavy atom.